The number of carbonyl (C=O) groups excluding carboxylic acids is 2. The number of aromatic nitrogens is 1. The molecule has 2 atom stereocenters. The molecule has 3 fully saturated rings. The minimum absolute atomic E-state index is 0.0603. The Morgan fingerprint density at radius 3 is 2.71 bits per heavy atom. The Bertz CT molecular complexity index is 1030. The molecule has 34 heavy (non-hydrogen) atoms. The zero-order valence-corrected chi connectivity index (χ0v) is 19.9. The molecule has 1 aliphatic carbocycles. The van der Waals surface area contributed by atoms with Crippen molar-refractivity contribution in [3.05, 3.63) is 53.4 Å². The van der Waals surface area contributed by atoms with Crippen molar-refractivity contribution >= 4 is 12.1 Å². The largest absolute Gasteiger partial charge is 0.444 e. The fourth-order valence-corrected chi connectivity index (χ4v) is 4.92. The van der Waals surface area contributed by atoms with Crippen molar-refractivity contribution in [3.8, 4) is 0 Å². The number of hydrogen-bond acceptors (Lipinski definition) is 6. The van der Waals surface area contributed by atoms with Gasteiger partial charge in [0.25, 0.3) is 0 Å². The molecule has 3 heterocycles. The first-order valence-corrected chi connectivity index (χ1v) is 12.0. The molecule has 9 heteroatoms. The van der Waals surface area contributed by atoms with Gasteiger partial charge >= 0.3 is 12.1 Å². The van der Waals surface area contributed by atoms with Gasteiger partial charge in [0.2, 0.25) is 0 Å². The number of hydrogen-bond donors (Lipinski definition) is 1. The molecule has 1 N–H and O–H groups in total. The van der Waals surface area contributed by atoms with Crippen molar-refractivity contribution < 1.29 is 23.7 Å². The molecule has 9 nitrogen and oxygen atoms in total. The van der Waals surface area contributed by atoms with Gasteiger partial charge in [-0.05, 0) is 52.0 Å². The molecule has 3 amide bonds. The van der Waals surface area contributed by atoms with Gasteiger partial charge in [0.1, 0.15) is 23.7 Å². The number of hydroxylamine groups is 2. The summed E-state index contributed by atoms with van der Waals surface area (Å²) in [5.74, 6) is 1.01. The Labute approximate surface area is 199 Å². The molecule has 2 bridgehead atoms. The van der Waals surface area contributed by atoms with Gasteiger partial charge in [-0.1, -0.05) is 35.5 Å². The molecule has 1 aromatic carbocycles. The summed E-state index contributed by atoms with van der Waals surface area (Å²) >= 11 is 0. The standard InChI is InChI=1S/C25H32N4O5/c1-25(2,3)33-23(30)26-18-11-17(12-18)22-13-20(27-34-22)21-10-9-19-14-28(21)24(31)29(19)32-15-16-7-5-4-6-8-16/h4-8,13,17-19,21H,9-12,14-15H2,1-3H3,(H,26,30)/t17?,18?,19-,21-/m0/s1. The Hall–Kier alpha value is -3.07. The SMILES string of the molecule is CC(C)(C)OC(=O)NC1CC(c2cc([C@@H]3CC[C@H]4CN3C(=O)N4OCc3ccccc3)no2)C1. The fraction of sp³-hybridized carbons (Fsp3) is 0.560. The minimum atomic E-state index is -0.513. The number of benzene rings is 1. The highest BCUT2D eigenvalue weighted by Gasteiger charge is 2.47. The molecule has 2 aliphatic heterocycles. The Kier molecular flexibility index (Phi) is 5.97. The highest BCUT2D eigenvalue weighted by atomic mass is 16.7. The van der Waals surface area contributed by atoms with Gasteiger partial charge in [0.05, 0.1) is 12.1 Å². The molecule has 0 unspecified atom stereocenters. The van der Waals surface area contributed by atoms with Crippen LogP contribution in [0.5, 0.6) is 0 Å². The van der Waals surface area contributed by atoms with Crippen LogP contribution in [0.1, 0.15) is 75.4 Å². The van der Waals surface area contributed by atoms with Gasteiger partial charge in [-0.25, -0.2) is 9.59 Å². The van der Waals surface area contributed by atoms with Crippen LogP contribution in [0.25, 0.3) is 0 Å². The first kappa shape index (κ1) is 22.7. The summed E-state index contributed by atoms with van der Waals surface area (Å²) < 4.78 is 11.0. The van der Waals surface area contributed by atoms with Crippen molar-refractivity contribution in [2.45, 2.75) is 82.7 Å². The number of rotatable bonds is 6. The summed E-state index contributed by atoms with van der Waals surface area (Å²) in [6.45, 7) is 6.54. The average Bonchev–Trinajstić information content (AvgIpc) is 3.33. The van der Waals surface area contributed by atoms with Crippen LogP contribution in [0.4, 0.5) is 9.59 Å². The fourth-order valence-electron chi connectivity index (χ4n) is 4.92. The molecule has 182 valence electrons. The maximum absolute atomic E-state index is 13.1. The van der Waals surface area contributed by atoms with E-state index in [1.807, 2.05) is 62.1 Å². The number of alkyl carbamates (subject to hydrolysis) is 1. The van der Waals surface area contributed by atoms with E-state index >= 15 is 0 Å². The number of piperidine rings is 1. The normalized spacial score (nSPS) is 26.4. The van der Waals surface area contributed by atoms with Gasteiger partial charge in [0.15, 0.2) is 0 Å². The second kappa shape index (κ2) is 8.94. The van der Waals surface area contributed by atoms with Gasteiger partial charge in [-0.2, -0.15) is 5.06 Å². The maximum Gasteiger partial charge on any atom is 0.407 e. The number of nitrogens with one attached hydrogen (secondary N) is 1. The molecule has 1 saturated carbocycles. The first-order chi connectivity index (χ1) is 16.3. The van der Waals surface area contributed by atoms with E-state index < -0.39 is 11.7 Å². The molecule has 0 spiro atoms. The van der Waals surface area contributed by atoms with Gasteiger partial charge in [-0.15, -0.1) is 0 Å². The summed E-state index contributed by atoms with van der Waals surface area (Å²) in [7, 11) is 0. The number of amides is 3. The van der Waals surface area contributed by atoms with Crippen molar-refractivity contribution in [3.63, 3.8) is 0 Å². The topological polar surface area (TPSA) is 97.1 Å². The molecular weight excluding hydrogens is 436 g/mol. The highest BCUT2D eigenvalue weighted by Crippen LogP contribution is 2.41. The predicted octanol–water partition coefficient (Wildman–Crippen LogP) is 4.52. The lowest BCUT2D eigenvalue weighted by atomic mass is 9.78. The smallest absolute Gasteiger partial charge is 0.407 e. The van der Waals surface area contributed by atoms with E-state index in [1.54, 1.807) is 0 Å². The van der Waals surface area contributed by atoms with Crippen LogP contribution in [-0.4, -0.2) is 51.5 Å². The lowest BCUT2D eigenvalue weighted by Gasteiger charge is -2.34. The third-order valence-corrected chi connectivity index (χ3v) is 6.69. The number of nitrogens with zero attached hydrogens (tertiary/aromatic N) is 3. The number of urea groups is 1. The van der Waals surface area contributed by atoms with Crippen LogP contribution in [0.2, 0.25) is 0 Å². The number of ether oxygens (including phenoxy) is 1. The monoisotopic (exact) mass is 468 g/mol. The highest BCUT2D eigenvalue weighted by molar-refractivity contribution is 5.77. The minimum Gasteiger partial charge on any atom is -0.444 e. The van der Waals surface area contributed by atoms with Crippen molar-refractivity contribution in [2.75, 3.05) is 6.54 Å². The van der Waals surface area contributed by atoms with Crippen LogP contribution in [0.15, 0.2) is 40.9 Å². The molecular formula is C25H32N4O5. The second-order valence-electron chi connectivity index (χ2n) is 10.4. The molecule has 2 aromatic rings. The predicted molar refractivity (Wildman–Crippen MR) is 123 cm³/mol. The Balaban J connectivity index is 1.15. The van der Waals surface area contributed by atoms with Crippen LogP contribution in [-0.2, 0) is 16.2 Å². The number of fused-ring (bicyclic) bond motifs is 2. The van der Waals surface area contributed by atoms with Gasteiger partial charge in [-0.3, -0.25) is 4.84 Å². The zero-order valence-electron chi connectivity index (χ0n) is 19.9. The van der Waals surface area contributed by atoms with E-state index in [9.17, 15) is 9.59 Å². The lowest BCUT2D eigenvalue weighted by Crippen LogP contribution is -2.45. The molecule has 3 aliphatic rings. The maximum atomic E-state index is 13.1. The van der Waals surface area contributed by atoms with Gasteiger partial charge < -0.3 is 19.5 Å². The Morgan fingerprint density at radius 2 is 1.97 bits per heavy atom. The Morgan fingerprint density at radius 1 is 1.21 bits per heavy atom. The van der Waals surface area contributed by atoms with E-state index in [0.29, 0.717) is 13.2 Å². The summed E-state index contributed by atoms with van der Waals surface area (Å²) in [5, 5.41) is 8.74. The third-order valence-electron chi connectivity index (χ3n) is 6.69. The van der Waals surface area contributed by atoms with Crippen LogP contribution < -0.4 is 5.32 Å². The van der Waals surface area contributed by atoms with E-state index in [-0.39, 0.29) is 30.1 Å². The van der Waals surface area contributed by atoms with Crippen LogP contribution in [0, 0.1) is 0 Å². The first-order valence-electron chi connectivity index (χ1n) is 12.0. The lowest BCUT2D eigenvalue weighted by molar-refractivity contribution is -0.140. The summed E-state index contributed by atoms with van der Waals surface area (Å²) in [6.07, 6.45) is 2.85. The van der Waals surface area contributed by atoms with Crippen LogP contribution >= 0.6 is 0 Å². The molecule has 5 rings (SSSR count). The van der Waals surface area contributed by atoms with Crippen LogP contribution in [0.3, 0.4) is 0 Å². The van der Waals surface area contributed by atoms with E-state index in [2.05, 4.69) is 10.5 Å². The second-order valence-corrected chi connectivity index (χ2v) is 10.4. The molecule has 0 radical (unpaired) electrons. The van der Waals surface area contributed by atoms with Crippen molar-refractivity contribution in [1.82, 2.24) is 20.4 Å². The number of carbonyl (C=O) groups is 2. The van der Waals surface area contributed by atoms with Crippen molar-refractivity contribution in [2.24, 2.45) is 0 Å². The summed E-state index contributed by atoms with van der Waals surface area (Å²) in [4.78, 5) is 32.8. The van der Waals surface area contributed by atoms with Gasteiger partial charge in [0, 0.05) is 24.6 Å². The average molecular weight is 469 g/mol. The third kappa shape index (κ3) is 4.75. The van der Waals surface area contributed by atoms with E-state index in [4.69, 9.17) is 14.1 Å². The zero-order chi connectivity index (χ0) is 23.9. The summed E-state index contributed by atoms with van der Waals surface area (Å²) in [6, 6.07) is 11.7. The van der Waals surface area contributed by atoms with E-state index in [0.717, 1.165) is 42.7 Å². The van der Waals surface area contributed by atoms with E-state index in [1.165, 1.54) is 5.06 Å². The van der Waals surface area contributed by atoms with Crippen molar-refractivity contribution in [1.29, 1.82) is 0 Å². The summed E-state index contributed by atoms with van der Waals surface area (Å²) in [5.41, 5.74) is 1.31. The molecule has 1 aromatic heterocycles. The molecule has 2 saturated heterocycles. The quantitative estimate of drug-likeness (QED) is 0.670.